The largest absolute Gasteiger partial charge is 0.444 e. The molecule has 1 aliphatic rings. The lowest BCUT2D eigenvalue weighted by atomic mass is 9.91. The molecule has 0 spiro atoms. The van der Waals surface area contributed by atoms with Crippen LogP contribution in [0.1, 0.15) is 25.7 Å². The summed E-state index contributed by atoms with van der Waals surface area (Å²) in [6.07, 6.45) is 2.26. The minimum atomic E-state index is 0.277. The maximum absolute atomic E-state index is 5.96. The molecule has 0 radical (unpaired) electrons. The molecule has 1 saturated heterocycles. The van der Waals surface area contributed by atoms with Gasteiger partial charge in [0.1, 0.15) is 0 Å². The monoisotopic (exact) mass is 354 g/mol. The number of likely N-dealkylation sites (tertiary alicyclic amines) is 1. The average molecular weight is 355 g/mol. The van der Waals surface area contributed by atoms with Crippen LogP contribution in [-0.4, -0.2) is 34.2 Å². The zero-order valence-electron chi connectivity index (χ0n) is 12.0. The number of halogens is 1. The van der Waals surface area contributed by atoms with Crippen LogP contribution in [-0.2, 0) is 6.54 Å². The first-order chi connectivity index (χ1) is 10.1. The van der Waals surface area contributed by atoms with E-state index in [1.165, 1.54) is 0 Å². The van der Waals surface area contributed by atoms with Crippen LogP contribution < -0.4 is 5.73 Å². The number of rotatable bonds is 4. The highest BCUT2D eigenvalue weighted by Gasteiger charge is 2.23. The number of hydrogen-bond acceptors (Lipinski definition) is 6. The van der Waals surface area contributed by atoms with Gasteiger partial charge in [-0.25, -0.2) is 0 Å². The van der Waals surface area contributed by atoms with Gasteiger partial charge in [-0.15, -0.1) is 10.2 Å². The van der Waals surface area contributed by atoms with Gasteiger partial charge in [-0.2, -0.15) is 0 Å². The molecule has 6 nitrogen and oxygen atoms in total. The number of furan rings is 1. The van der Waals surface area contributed by atoms with E-state index in [0.29, 0.717) is 34.7 Å². The molecule has 1 fully saturated rings. The number of nitrogens with zero attached hydrogens (tertiary/aromatic N) is 3. The zero-order valence-corrected chi connectivity index (χ0v) is 13.5. The lowest BCUT2D eigenvalue weighted by Gasteiger charge is -2.32. The summed E-state index contributed by atoms with van der Waals surface area (Å²) in [6.45, 7) is 4.82. The fraction of sp³-hybridized carbons (Fsp3) is 0.571. The maximum atomic E-state index is 5.96. The molecule has 0 amide bonds. The van der Waals surface area contributed by atoms with Crippen molar-refractivity contribution in [2.24, 2.45) is 11.7 Å². The summed E-state index contributed by atoms with van der Waals surface area (Å²) in [7, 11) is 0. The van der Waals surface area contributed by atoms with Crippen molar-refractivity contribution in [3.8, 4) is 11.7 Å². The second-order valence-electron chi connectivity index (χ2n) is 5.58. The average Bonchev–Trinajstić information content (AvgIpc) is 3.08. The van der Waals surface area contributed by atoms with Crippen molar-refractivity contribution in [3.05, 3.63) is 22.7 Å². The molecule has 1 aliphatic heterocycles. The molecule has 0 saturated carbocycles. The number of aromatic nitrogens is 2. The smallest absolute Gasteiger partial charge is 0.283 e. The first-order valence-corrected chi connectivity index (χ1v) is 7.97. The number of nitrogens with two attached hydrogens (primary N) is 1. The molecule has 0 bridgehead atoms. The molecule has 2 aromatic rings. The Labute approximate surface area is 131 Å². The normalized spacial score (nSPS) is 19.0. The maximum Gasteiger partial charge on any atom is 0.283 e. The van der Waals surface area contributed by atoms with Gasteiger partial charge >= 0.3 is 0 Å². The lowest BCUT2D eigenvalue weighted by Crippen LogP contribution is -2.39. The summed E-state index contributed by atoms with van der Waals surface area (Å²) < 4.78 is 11.7. The highest BCUT2D eigenvalue weighted by molar-refractivity contribution is 9.10. The van der Waals surface area contributed by atoms with Gasteiger partial charge in [-0.1, -0.05) is 0 Å². The Hall–Kier alpha value is -1.18. The Bertz CT molecular complexity index is 587. The summed E-state index contributed by atoms with van der Waals surface area (Å²) in [6, 6.07) is 3.88. The van der Waals surface area contributed by atoms with E-state index in [2.05, 4.69) is 38.0 Å². The van der Waals surface area contributed by atoms with Crippen molar-refractivity contribution >= 4 is 15.9 Å². The molecular weight excluding hydrogens is 336 g/mol. The predicted molar refractivity (Wildman–Crippen MR) is 81.4 cm³/mol. The standard InChI is InChI=1S/C14H19BrN4O2/c1-9(16)10-4-6-19(7-5-10)8-13-17-18-14(21-13)11-2-3-12(15)20-11/h2-3,9-10H,4-8,16H2,1H3. The third-order valence-electron chi connectivity index (χ3n) is 3.99. The third kappa shape index (κ3) is 3.53. The van der Waals surface area contributed by atoms with E-state index >= 15 is 0 Å². The van der Waals surface area contributed by atoms with Gasteiger partial charge < -0.3 is 14.6 Å². The summed E-state index contributed by atoms with van der Waals surface area (Å²) in [5, 5.41) is 8.12. The molecule has 3 rings (SSSR count). The van der Waals surface area contributed by atoms with Crippen LogP contribution in [0.5, 0.6) is 0 Å². The van der Waals surface area contributed by atoms with Gasteiger partial charge in [-0.3, -0.25) is 4.90 Å². The summed E-state index contributed by atoms with van der Waals surface area (Å²) >= 11 is 3.26. The lowest BCUT2D eigenvalue weighted by molar-refractivity contribution is 0.154. The van der Waals surface area contributed by atoms with Crippen LogP contribution >= 0.6 is 15.9 Å². The fourth-order valence-corrected chi connectivity index (χ4v) is 2.98. The Morgan fingerprint density at radius 1 is 1.33 bits per heavy atom. The van der Waals surface area contributed by atoms with Crippen LogP contribution in [0.4, 0.5) is 0 Å². The summed E-state index contributed by atoms with van der Waals surface area (Å²) in [5.41, 5.74) is 5.96. The molecule has 2 aromatic heterocycles. The van der Waals surface area contributed by atoms with Gasteiger partial charge in [0, 0.05) is 6.04 Å². The van der Waals surface area contributed by atoms with Crippen LogP contribution in [0.15, 0.2) is 25.6 Å². The Kier molecular flexibility index (Phi) is 4.42. The Morgan fingerprint density at radius 2 is 2.10 bits per heavy atom. The number of hydrogen-bond donors (Lipinski definition) is 1. The molecule has 2 N–H and O–H groups in total. The topological polar surface area (TPSA) is 81.3 Å². The van der Waals surface area contributed by atoms with E-state index in [9.17, 15) is 0 Å². The van der Waals surface area contributed by atoms with E-state index < -0.39 is 0 Å². The first kappa shape index (κ1) is 14.7. The van der Waals surface area contributed by atoms with Crippen LogP contribution in [0, 0.1) is 5.92 Å². The molecule has 7 heteroatoms. The predicted octanol–water partition coefficient (Wildman–Crippen LogP) is 2.65. The third-order valence-corrected chi connectivity index (χ3v) is 4.41. The molecule has 0 aromatic carbocycles. The molecule has 1 unspecified atom stereocenters. The van der Waals surface area contributed by atoms with Gasteiger partial charge in [0.25, 0.3) is 5.89 Å². The second kappa shape index (κ2) is 6.29. The van der Waals surface area contributed by atoms with Crippen molar-refractivity contribution in [2.75, 3.05) is 13.1 Å². The van der Waals surface area contributed by atoms with Gasteiger partial charge in [0.15, 0.2) is 10.4 Å². The van der Waals surface area contributed by atoms with Gasteiger partial charge in [0.2, 0.25) is 5.89 Å². The van der Waals surface area contributed by atoms with Crippen molar-refractivity contribution < 1.29 is 8.83 Å². The quantitative estimate of drug-likeness (QED) is 0.908. The van der Waals surface area contributed by atoms with Crippen LogP contribution in [0.25, 0.3) is 11.7 Å². The summed E-state index contributed by atoms with van der Waals surface area (Å²) in [5.74, 6) is 2.24. The molecule has 1 atom stereocenters. The SMILES string of the molecule is CC(N)C1CCN(Cc2nnc(-c3ccc(Br)o3)o2)CC1. The highest BCUT2D eigenvalue weighted by atomic mass is 79.9. The van der Waals surface area contributed by atoms with Crippen molar-refractivity contribution in [1.82, 2.24) is 15.1 Å². The van der Waals surface area contributed by atoms with Crippen molar-refractivity contribution in [2.45, 2.75) is 32.4 Å². The molecular formula is C14H19BrN4O2. The van der Waals surface area contributed by atoms with E-state index in [1.807, 2.05) is 0 Å². The first-order valence-electron chi connectivity index (χ1n) is 7.18. The van der Waals surface area contributed by atoms with Crippen molar-refractivity contribution in [1.29, 1.82) is 0 Å². The van der Waals surface area contributed by atoms with E-state index in [0.717, 1.165) is 25.9 Å². The molecule has 3 heterocycles. The van der Waals surface area contributed by atoms with Gasteiger partial charge in [0.05, 0.1) is 6.54 Å². The number of piperidine rings is 1. The van der Waals surface area contributed by atoms with Gasteiger partial charge in [-0.05, 0) is 66.8 Å². The second-order valence-corrected chi connectivity index (χ2v) is 6.36. The van der Waals surface area contributed by atoms with Crippen molar-refractivity contribution in [3.63, 3.8) is 0 Å². The Balaban J connectivity index is 1.58. The Morgan fingerprint density at radius 3 is 2.71 bits per heavy atom. The van der Waals surface area contributed by atoms with E-state index in [1.54, 1.807) is 12.1 Å². The van der Waals surface area contributed by atoms with E-state index in [-0.39, 0.29) is 6.04 Å². The minimum Gasteiger partial charge on any atom is -0.444 e. The molecule has 114 valence electrons. The molecule has 21 heavy (non-hydrogen) atoms. The summed E-state index contributed by atoms with van der Waals surface area (Å²) in [4.78, 5) is 2.33. The zero-order chi connectivity index (χ0) is 14.8. The highest BCUT2D eigenvalue weighted by Crippen LogP contribution is 2.25. The fourth-order valence-electron chi connectivity index (χ4n) is 2.67. The molecule has 0 aliphatic carbocycles. The minimum absolute atomic E-state index is 0.277. The van der Waals surface area contributed by atoms with E-state index in [4.69, 9.17) is 14.6 Å². The van der Waals surface area contributed by atoms with Crippen LogP contribution in [0.3, 0.4) is 0 Å². The van der Waals surface area contributed by atoms with Crippen LogP contribution in [0.2, 0.25) is 0 Å².